The van der Waals surface area contributed by atoms with Crippen molar-refractivity contribution in [1.82, 2.24) is 10.3 Å². The van der Waals surface area contributed by atoms with Crippen LogP contribution in [0.3, 0.4) is 0 Å². The molecule has 0 bridgehead atoms. The van der Waals surface area contributed by atoms with Gasteiger partial charge in [0.2, 0.25) is 0 Å². The second kappa shape index (κ2) is 5.17. The van der Waals surface area contributed by atoms with E-state index < -0.39 is 0 Å². The number of fused-ring (bicyclic) bond motifs is 1. The predicted molar refractivity (Wildman–Crippen MR) is 77.5 cm³/mol. The third-order valence-corrected chi connectivity index (χ3v) is 5.69. The molecule has 100 valence electrons. The molecule has 2 aliphatic rings. The van der Waals surface area contributed by atoms with Crippen LogP contribution in [0.25, 0.3) is 0 Å². The van der Waals surface area contributed by atoms with E-state index in [-0.39, 0.29) is 0 Å². The molecule has 1 atom stereocenters. The minimum atomic E-state index is 0.482. The lowest BCUT2D eigenvalue weighted by molar-refractivity contribution is 0.489. The van der Waals surface area contributed by atoms with Gasteiger partial charge in [-0.2, -0.15) is 0 Å². The molecule has 1 aromatic rings. The summed E-state index contributed by atoms with van der Waals surface area (Å²) < 4.78 is 0. The monoisotopic (exact) mass is 265 g/mol. The van der Waals surface area contributed by atoms with E-state index in [1.165, 1.54) is 60.6 Å². The summed E-state index contributed by atoms with van der Waals surface area (Å²) >= 11 is 1.92. The molecule has 1 fully saturated rings. The summed E-state index contributed by atoms with van der Waals surface area (Å²) in [5.74, 6) is 0. The fourth-order valence-electron chi connectivity index (χ4n) is 3.29. The van der Waals surface area contributed by atoms with Gasteiger partial charge in [0.1, 0.15) is 0 Å². The molecule has 1 aromatic heterocycles. The number of hydrogen-bond donors (Lipinski definition) is 1. The van der Waals surface area contributed by atoms with Crippen LogP contribution < -0.4 is 10.2 Å². The Hall–Kier alpha value is -0.610. The number of aromatic nitrogens is 1. The number of anilines is 1. The highest BCUT2D eigenvalue weighted by Crippen LogP contribution is 2.38. The van der Waals surface area contributed by atoms with Crippen molar-refractivity contribution in [2.75, 3.05) is 19.0 Å². The number of hydrogen-bond acceptors (Lipinski definition) is 4. The SMILES string of the molecule is CNC1CCCc2sc(N(C)C3CCCC3)nc21. The number of aryl methyl sites for hydroxylation is 1. The Morgan fingerprint density at radius 3 is 2.72 bits per heavy atom. The van der Waals surface area contributed by atoms with Crippen LogP contribution in [0.2, 0.25) is 0 Å². The van der Waals surface area contributed by atoms with Gasteiger partial charge in [-0.1, -0.05) is 12.8 Å². The van der Waals surface area contributed by atoms with E-state index in [9.17, 15) is 0 Å². The highest BCUT2D eigenvalue weighted by Gasteiger charge is 2.27. The molecule has 1 unspecified atom stereocenters. The third-order valence-electron chi connectivity index (χ3n) is 4.47. The minimum absolute atomic E-state index is 0.482. The van der Waals surface area contributed by atoms with Crippen molar-refractivity contribution in [3.63, 3.8) is 0 Å². The normalized spacial score (nSPS) is 24.2. The zero-order valence-electron chi connectivity index (χ0n) is 11.4. The summed E-state index contributed by atoms with van der Waals surface area (Å²) in [4.78, 5) is 8.88. The Bertz CT molecular complexity index is 409. The lowest BCUT2D eigenvalue weighted by Gasteiger charge is -2.23. The zero-order chi connectivity index (χ0) is 12.5. The van der Waals surface area contributed by atoms with Gasteiger partial charge in [-0.05, 0) is 39.2 Å². The lowest BCUT2D eigenvalue weighted by Crippen LogP contribution is -2.28. The van der Waals surface area contributed by atoms with Gasteiger partial charge < -0.3 is 10.2 Å². The Morgan fingerprint density at radius 2 is 2.00 bits per heavy atom. The molecule has 0 radical (unpaired) electrons. The van der Waals surface area contributed by atoms with Crippen molar-refractivity contribution in [2.45, 2.75) is 57.0 Å². The predicted octanol–water partition coefficient (Wildman–Crippen LogP) is 3.12. The standard InChI is InChI=1S/C14H23N3S/c1-15-11-8-5-9-12-13(11)16-14(18-12)17(2)10-6-3-4-7-10/h10-11,15H,3-9H2,1-2H3. The lowest BCUT2D eigenvalue weighted by atomic mass is 9.98. The molecule has 1 N–H and O–H groups in total. The molecular formula is C14H23N3S. The largest absolute Gasteiger partial charge is 0.348 e. The first-order chi connectivity index (χ1) is 8.79. The van der Waals surface area contributed by atoms with Crippen LogP contribution in [0.4, 0.5) is 5.13 Å². The van der Waals surface area contributed by atoms with Crippen LogP contribution in [0, 0.1) is 0 Å². The fourth-order valence-corrected chi connectivity index (χ4v) is 4.48. The molecule has 2 aliphatic carbocycles. The van der Waals surface area contributed by atoms with Crippen LogP contribution >= 0.6 is 11.3 Å². The van der Waals surface area contributed by atoms with E-state index in [0.717, 1.165) is 6.04 Å². The summed E-state index contributed by atoms with van der Waals surface area (Å²) in [6.45, 7) is 0. The van der Waals surface area contributed by atoms with E-state index in [1.807, 2.05) is 11.3 Å². The number of thiazole rings is 1. The van der Waals surface area contributed by atoms with E-state index in [1.54, 1.807) is 0 Å². The molecule has 0 saturated heterocycles. The quantitative estimate of drug-likeness (QED) is 0.910. The maximum absolute atomic E-state index is 4.93. The summed E-state index contributed by atoms with van der Waals surface area (Å²) in [7, 11) is 4.29. The summed E-state index contributed by atoms with van der Waals surface area (Å²) in [5, 5.41) is 4.65. The highest BCUT2D eigenvalue weighted by molar-refractivity contribution is 7.15. The molecular weight excluding hydrogens is 242 g/mol. The van der Waals surface area contributed by atoms with Crippen LogP contribution in [0.15, 0.2) is 0 Å². The molecule has 1 heterocycles. The van der Waals surface area contributed by atoms with Gasteiger partial charge in [0.05, 0.1) is 11.7 Å². The summed E-state index contributed by atoms with van der Waals surface area (Å²) in [6.07, 6.45) is 9.22. The molecule has 0 aromatic carbocycles. The maximum atomic E-state index is 4.93. The van der Waals surface area contributed by atoms with E-state index in [0.29, 0.717) is 6.04 Å². The van der Waals surface area contributed by atoms with E-state index >= 15 is 0 Å². The highest BCUT2D eigenvalue weighted by atomic mass is 32.1. The summed E-state index contributed by atoms with van der Waals surface area (Å²) in [6, 6.07) is 1.21. The van der Waals surface area contributed by atoms with Crippen molar-refractivity contribution in [1.29, 1.82) is 0 Å². The second-order valence-electron chi connectivity index (χ2n) is 5.59. The van der Waals surface area contributed by atoms with Gasteiger partial charge in [-0.3, -0.25) is 0 Å². The zero-order valence-corrected chi connectivity index (χ0v) is 12.2. The van der Waals surface area contributed by atoms with Crippen molar-refractivity contribution in [3.8, 4) is 0 Å². The Morgan fingerprint density at radius 1 is 1.22 bits per heavy atom. The van der Waals surface area contributed by atoms with Crippen molar-refractivity contribution in [2.24, 2.45) is 0 Å². The number of rotatable bonds is 3. The van der Waals surface area contributed by atoms with Gasteiger partial charge in [-0.15, -0.1) is 11.3 Å². The third kappa shape index (κ3) is 2.16. The van der Waals surface area contributed by atoms with Crippen molar-refractivity contribution < 1.29 is 0 Å². The van der Waals surface area contributed by atoms with Gasteiger partial charge >= 0.3 is 0 Å². The van der Waals surface area contributed by atoms with Crippen LogP contribution in [0.5, 0.6) is 0 Å². The molecule has 4 heteroatoms. The topological polar surface area (TPSA) is 28.2 Å². The Kier molecular flexibility index (Phi) is 3.57. The first-order valence-electron chi connectivity index (χ1n) is 7.19. The van der Waals surface area contributed by atoms with Crippen LogP contribution in [0.1, 0.15) is 55.1 Å². The van der Waals surface area contributed by atoms with Gasteiger partial charge in [0.25, 0.3) is 0 Å². The fraction of sp³-hybridized carbons (Fsp3) is 0.786. The number of nitrogens with zero attached hydrogens (tertiary/aromatic N) is 2. The number of nitrogens with one attached hydrogen (secondary N) is 1. The maximum Gasteiger partial charge on any atom is 0.185 e. The molecule has 0 spiro atoms. The van der Waals surface area contributed by atoms with Gasteiger partial charge in [-0.25, -0.2) is 4.98 Å². The van der Waals surface area contributed by atoms with Gasteiger partial charge in [0, 0.05) is 18.0 Å². The van der Waals surface area contributed by atoms with E-state index in [2.05, 4.69) is 24.3 Å². The molecule has 3 rings (SSSR count). The molecule has 0 aliphatic heterocycles. The summed E-state index contributed by atoms with van der Waals surface area (Å²) in [5.41, 5.74) is 1.33. The average Bonchev–Trinajstić information content (AvgIpc) is 3.05. The van der Waals surface area contributed by atoms with Crippen molar-refractivity contribution in [3.05, 3.63) is 10.6 Å². The van der Waals surface area contributed by atoms with Crippen LogP contribution in [-0.2, 0) is 6.42 Å². The van der Waals surface area contributed by atoms with Crippen LogP contribution in [-0.4, -0.2) is 25.1 Å². The minimum Gasteiger partial charge on any atom is -0.348 e. The smallest absolute Gasteiger partial charge is 0.185 e. The first-order valence-corrected chi connectivity index (χ1v) is 8.01. The molecule has 3 nitrogen and oxygen atoms in total. The Labute approximate surface area is 114 Å². The van der Waals surface area contributed by atoms with Gasteiger partial charge in [0.15, 0.2) is 5.13 Å². The Balaban J connectivity index is 1.83. The molecule has 1 saturated carbocycles. The van der Waals surface area contributed by atoms with E-state index in [4.69, 9.17) is 4.98 Å². The molecule has 0 amide bonds. The molecule has 18 heavy (non-hydrogen) atoms. The average molecular weight is 265 g/mol. The first kappa shape index (κ1) is 12.4. The van der Waals surface area contributed by atoms with Crippen molar-refractivity contribution >= 4 is 16.5 Å². The second-order valence-corrected chi connectivity index (χ2v) is 6.65.